The van der Waals surface area contributed by atoms with Crippen LogP contribution in [0.1, 0.15) is 20.3 Å². The molecule has 0 aromatic heterocycles. The van der Waals surface area contributed by atoms with Crippen molar-refractivity contribution in [1.82, 2.24) is 0 Å². The van der Waals surface area contributed by atoms with Gasteiger partial charge in [-0.1, -0.05) is 13.8 Å². The van der Waals surface area contributed by atoms with Crippen LogP contribution in [0.2, 0.25) is 0 Å². The van der Waals surface area contributed by atoms with Crippen molar-refractivity contribution >= 4 is 5.97 Å². The normalized spacial score (nSPS) is 15.5. The standard InChI is InChI=1S/C8H15F2NO4/c1-4(2)3-5(11)8(14,15)7(9,10)6(12)13/h4-5,14-15H,3,11H2,1-2H3,(H,12,13). The second-order valence-corrected chi connectivity index (χ2v) is 3.84. The molecule has 0 spiro atoms. The van der Waals surface area contributed by atoms with Gasteiger partial charge in [0.2, 0.25) is 0 Å². The summed E-state index contributed by atoms with van der Waals surface area (Å²) in [6.07, 6.45) is -0.129. The van der Waals surface area contributed by atoms with Crippen LogP contribution in [0.4, 0.5) is 8.78 Å². The second kappa shape index (κ2) is 4.38. The Morgan fingerprint density at radius 1 is 1.40 bits per heavy atom. The first-order chi connectivity index (χ1) is 6.53. The highest BCUT2D eigenvalue weighted by molar-refractivity contribution is 5.76. The Morgan fingerprint density at radius 3 is 2.07 bits per heavy atom. The van der Waals surface area contributed by atoms with Crippen molar-refractivity contribution < 1.29 is 28.9 Å². The molecule has 0 saturated heterocycles. The summed E-state index contributed by atoms with van der Waals surface area (Å²) in [5, 5.41) is 26.2. The van der Waals surface area contributed by atoms with Crippen molar-refractivity contribution in [3.05, 3.63) is 0 Å². The van der Waals surface area contributed by atoms with Crippen LogP contribution in [-0.4, -0.2) is 39.0 Å². The lowest BCUT2D eigenvalue weighted by Gasteiger charge is -2.33. The third-order valence-corrected chi connectivity index (χ3v) is 1.97. The van der Waals surface area contributed by atoms with Crippen LogP contribution in [0.15, 0.2) is 0 Å². The number of alkyl halides is 2. The van der Waals surface area contributed by atoms with Crippen molar-refractivity contribution in [2.24, 2.45) is 11.7 Å². The Hall–Kier alpha value is -0.790. The van der Waals surface area contributed by atoms with Gasteiger partial charge in [0.05, 0.1) is 6.04 Å². The first-order valence-electron chi connectivity index (χ1n) is 4.35. The molecule has 0 amide bonds. The summed E-state index contributed by atoms with van der Waals surface area (Å²) in [5.41, 5.74) is 5.13. The molecule has 0 fully saturated rings. The number of nitrogens with two attached hydrogens (primary N) is 1. The van der Waals surface area contributed by atoms with E-state index in [1.54, 1.807) is 13.8 Å². The molecule has 90 valence electrons. The van der Waals surface area contributed by atoms with Crippen LogP contribution in [0, 0.1) is 5.92 Å². The summed E-state index contributed by atoms with van der Waals surface area (Å²) in [7, 11) is 0. The number of carboxylic acid groups (broad SMARTS) is 1. The SMILES string of the molecule is CC(C)CC(N)C(O)(O)C(F)(F)C(=O)O. The average Bonchev–Trinajstić information content (AvgIpc) is 2.01. The van der Waals surface area contributed by atoms with Gasteiger partial charge >= 0.3 is 11.9 Å². The van der Waals surface area contributed by atoms with Crippen LogP contribution >= 0.6 is 0 Å². The van der Waals surface area contributed by atoms with Gasteiger partial charge in [-0.15, -0.1) is 0 Å². The molecule has 5 nitrogen and oxygen atoms in total. The number of hydrogen-bond acceptors (Lipinski definition) is 4. The first-order valence-corrected chi connectivity index (χ1v) is 4.35. The molecule has 1 unspecified atom stereocenters. The molecule has 0 heterocycles. The molecule has 0 aliphatic heterocycles. The number of carbonyl (C=O) groups is 1. The Bertz CT molecular complexity index is 243. The molecule has 0 aromatic rings. The van der Waals surface area contributed by atoms with Crippen LogP contribution in [-0.2, 0) is 4.79 Å². The molecular weight excluding hydrogens is 212 g/mol. The monoisotopic (exact) mass is 227 g/mol. The maximum atomic E-state index is 12.8. The summed E-state index contributed by atoms with van der Waals surface area (Å²) in [5.74, 6) is -11.2. The fraction of sp³-hybridized carbons (Fsp3) is 0.875. The maximum absolute atomic E-state index is 12.8. The minimum atomic E-state index is -4.69. The predicted molar refractivity (Wildman–Crippen MR) is 47.2 cm³/mol. The van der Waals surface area contributed by atoms with Gasteiger partial charge in [0, 0.05) is 0 Å². The Balaban J connectivity index is 4.87. The smallest absolute Gasteiger partial charge is 0.396 e. The van der Waals surface area contributed by atoms with E-state index < -0.39 is 23.7 Å². The van der Waals surface area contributed by atoms with Crippen LogP contribution in [0.25, 0.3) is 0 Å². The van der Waals surface area contributed by atoms with Gasteiger partial charge in [-0.2, -0.15) is 8.78 Å². The minimum absolute atomic E-state index is 0.129. The lowest BCUT2D eigenvalue weighted by Crippen LogP contribution is -2.63. The minimum Gasteiger partial charge on any atom is -0.477 e. The maximum Gasteiger partial charge on any atom is 0.396 e. The largest absolute Gasteiger partial charge is 0.477 e. The van der Waals surface area contributed by atoms with Gasteiger partial charge in [-0.25, -0.2) is 4.79 Å². The fourth-order valence-electron chi connectivity index (χ4n) is 1.06. The lowest BCUT2D eigenvalue weighted by molar-refractivity contribution is -0.300. The zero-order chi connectivity index (χ0) is 12.4. The molecule has 0 radical (unpaired) electrons. The fourth-order valence-corrected chi connectivity index (χ4v) is 1.06. The van der Waals surface area contributed by atoms with Gasteiger partial charge < -0.3 is 21.1 Å². The van der Waals surface area contributed by atoms with E-state index >= 15 is 0 Å². The Morgan fingerprint density at radius 2 is 1.80 bits per heavy atom. The van der Waals surface area contributed by atoms with E-state index in [0.717, 1.165) is 0 Å². The highest BCUT2D eigenvalue weighted by atomic mass is 19.3. The highest BCUT2D eigenvalue weighted by Crippen LogP contribution is 2.31. The molecule has 7 heteroatoms. The molecule has 1 atom stereocenters. The van der Waals surface area contributed by atoms with E-state index in [4.69, 9.17) is 21.1 Å². The van der Waals surface area contributed by atoms with Crippen LogP contribution in [0.5, 0.6) is 0 Å². The average molecular weight is 227 g/mol. The Kier molecular flexibility index (Phi) is 4.15. The van der Waals surface area contributed by atoms with E-state index in [9.17, 15) is 13.6 Å². The van der Waals surface area contributed by atoms with E-state index in [2.05, 4.69) is 0 Å². The van der Waals surface area contributed by atoms with Crippen molar-refractivity contribution in [2.45, 2.75) is 38.0 Å². The first kappa shape index (κ1) is 14.2. The van der Waals surface area contributed by atoms with Crippen LogP contribution in [0.3, 0.4) is 0 Å². The molecule has 15 heavy (non-hydrogen) atoms. The quantitative estimate of drug-likeness (QED) is 0.485. The van der Waals surface area contributed by atoms with E-state index in [0.29, 0.717) is 0 Å². The molecule has 5 N–H and O–H groups in total. The summed E-state index contributed by atoms with van der Waals surface area (Å²) in [4.78, 5) is 10.1. The molecule has 0 saturated carbocycles. The van der Waals surface area contributed by atoms with Crippen molar-refractivity contribution in [3.63, 3.8) is 0 Å². The lowest BCUT2D eigenvalue weighted by atomic mass is 9.93. The molecule has 0 aliphatic rings. The number of carboxylic acids is 1. The number of aliphatic hydroxyl groups is 2. The summed E-state index contributed by atoms with van der Waals surface area (Å²) in [6, 6.07) is -1.73. The van der Waals surface area contributed by atoms with Crippen molar-refractivity contribution in [1.29, 1.82) is 0 Å². The van der Waals surface area contributed by atoms with Gasteiger partial charge in [0.25, 0.3) is 5.79 Å². The molecular formula is C8H15F2NO4. The third kappa shape index (κ3) is 2.83. The molecule has 0 aromatic carbocycles. The van der Waals surface area contributed by atoms with E-state index in [1.807, 2.05) is 0 Å². The summed E-state index contributed by atoms with van der Waals surface area (Å²) >= 11 is 0. The van der Waals surface area contributed by atoms with Gasteiger partial charge in [0.1, 0.15) is 0 Å². The van der Waals surface area contributed by atoms with Gasteiger partial charge in [0.15, 0.2) is 0 Å². The van der Waals surface area contributed by atoms with Crippen molar-refractivity contribution in [3.8, 4) is 0 Å². The highest BCUT2D eigenvalue weighted by Gasteiger charge is 2.61. The number of halogens is 2. The predicted octanol–water partition coefficient (Wildman–Crippen LogP) is -0.239. The van der Waals surface area contributed by atoms with Gasteiger partial charge in [-0.05, 0) is 12.3 Å². The van der Waals surface area contributed by atoms with Crippen molar-refractivity contribution in [2.75, 3.05) is 0 Å². The van der Waals surface area contributed by atoms with Crippen LogP contribution < -0.4 is 5.73 Å². The van der Waals surface area contributed by atoms with E-state index in [1.165, 1.54) is 0 Å². The van der Waals surface area contributed by atoms with Gasteiger partial charge in [-0.3, -0.25) is 0 Å². The molecule has 0 aliphatic carbocycles. The zero-order valence-corrected chi connectivity index (χ0v) is 8.44. The number of aliphatic carboxylic acids is 1. The number of rotatable bonds is 5. The summed E-state index contributed by atoms with van der Waals surface area (Å²) < 4.78 is 25.7. The summed E-state index contributed by atoms with van der Waals surface area (Å²) in [6.45, 7) is 3.27. The molecule has 0 rings (SSSR count). The van der Waals surface area contributed by atoms with E-state index in [-0.39, 0.29) is 12.3 Å². The zero-order valence-electron chi connectivity index (χ0n) is 8.44. The molecule has 0 bridgehead atoms. The third-order valence-electron chi connectivity index (χ3n) is 1.97. The second-order valence-electron chi connectivity index (χ2n) is 3.84. The topological polar surface area (TPSA) is 104 Å². The number of hydrogen-bond donors (Lipinski definition) is 4. The Labute approximate surface area is 85.5 Å².